The summed E-state index contributed by atoms with van der Waals surface area (Å²) >= 11 is 5.91. The number of halogens is 1. The van der Waals surface area contributed by atoms with Gasteiger partial charge >= 0.3 is 0 Å². The highest BCUT2D eigenvalue weighted by atomic mass is 35.5. The fraction of sp³-hybridized carbons (Fsp3) is 0.143. The number of carbonyl (C=O) groups excluding carboxylic acids is 1. The first kappa shape index (κ1) is 14.1. The van der Waals surface area contributed by atoms with E-state index in [-0.39, 0.29) is 5.91 Å². The monoisotopic (exact) mass is 292 g/mol. The SMILES string of the molecule is COc1cc(C(=O)Nc2cc(Cl)ccc2OC)ccn1. The Kier molecular flexibility index (Phi) is 4.42. The molecule has 1 heterocycles. The first-order chi connectivity index (χ1) is 9.63. The molecule has 0 aliphatic heterocycles. The molecule has 1 aromatic carbocycles. The zero-order chi connectivity index (χ0) is 14.5. The van der Waals surface area contributed by atoms with Crippen molar-refractivity contribution >= 4 is 23.2 Å². The van der Waals surface area contributed by atoms with Crippen molar-refractivity contribution in [3.05, 3.63) is 47.1 Å². The number of methoxy groups -OCH3 is 2. The first-order valence-corrected chi connectivity index (χ1v) is 6.17. The third-order valence-electron chi connectivity index (χ3n) is 2.62. The van der Waals surface area contributed by atoms with Crippen LogP contribution in [0.5, 0.6) is 11.6 Å². The molecule has 0 aliphatic rings. The van der Waals surface area contributed by atoms with Gasteiger partial charge in [0, 0.05) is 22.8 Å². The number of hydrogen-bond donors (Lipinski definition) is 1. The molecule has 1 N–H and O–H groups in total. The molecule has 104 valence electrons. The fourth-order valence-corrected chi connectivity index (χ4v) is 1.81. The van der Waals surface area contributed by atoms with Crippen LogP contribution in [0.2, 0.25) is 5.02 Å². The second-order valence-electron chi connectivity index (χ2n) is 3.89. The van der Waals surface area contributed by atoms with Crippen LogP contribution < -0.4 is 14.8 Å². The number of benzene rings is 1. The molecule has 0 unspecified atom stereocenters. The highest BCUT2D eigenvalue weighted by molar-refractivity contribution is 6.31. The zero-order valence-electron chi connectivity index (χ0n) is 11.0. The Balaban J connectivity index is 2.25. The summed E-state index contributed by atoms with van der Waals surface area (Å²) in [6.07, 6.45) is 1.50. The van der Waals surface area contributed by atoms with Gasteiger partial charge in [-0.05, 0) is 24.3 Å². The van der Waals surface area contributed by atoms with Gasteiger partial charge in [-0.1, -0.05) is 11.6 Å². The number of nitrogens with one attached hydrogen (secondary N) is 1. The van der Waals surface area contributed by atoms with Crippen LogP contribution in [0.1, 0.15) is 10.4 Å². The molecule has 0 saturated heterocycles. The quantitative estimate of drug-likeness (QED) is 0.941. The molecule has 0 radical (unpaired) electrons. The standard InChI is InChI=1S/C14H13ClN2O3/c1-19-12-4-3-10(15)8-11(12)17-14(18)9-5-6-16-13(7-9)20-2/h3-8H,1-2H3,(H,17,18). The van der Waals surface area contributed by atoms with Crippen LogP contribution in [0.4, 0.5) is 5.69 Å². The van der Waals surface area contributed by atoms with E-state index in [1.807, 2.05) is 0 Å². The van der Waals surface area contributed by atoms with E-state index in [1.165, 1.54) is 20.4 Å². The number of anilines is 1. The van der Waals surface area contributed by atoms with Crippen molar-refractivity contribution in [3.8, 4) is 11.6 Å². The fourth-order valence-electron chi connectivity index (χ4n) is 1.63. The Labute approximate surface area is 121 Å². The van der Waals surface area contributed by atoms with E-state index in [9.17, 15) is 4.79 Å². The lowest BCUT2D eigenvalue weighted by Crippen LogP contribution is -2.13. The van der Waals surface area contributed by atoms with Gasteiger partial charge in [0.05, 0.1) is 19.9 Å². The summed E-state index contributed by atoms with van der Waals surface area (Å²) in [6, 6.07) is 8.13. The number of aromatic nitrogens is 1. The van der Waals surface area contributed by atoms with Gasteiger partial charge < -0.3 is 14.8 Å². The van der Waals surface area contributed by atoms with Gasteiger partial charge in [0.15, 0.2) is 0 Å². The lowest BCUT2D eigenvalue weighted by molar-refractivity contribution is 0.102. The Morgan fingerprint density at radius 3 is 2.70 bits per heavy atom. The highest BCUT2D eigenvalue weighted by Crippen LogP contribution is 2.28. The van der Waals surface area contributed by atoms with Crippen molar-refractivity contribution in [1.29, 1.82) is 0 Å². The Morgan fingerprint density at radius 2 is 2.00 bits per heavy atom. The number of carbonyl (C=O) groups is 1. The molecule has 0 spiro atoms. The van der Waals surface area contributed by atoms with Crippen LogP contribution in [-0.2, 0) is 0 Å². The van der Waals surface area contributed by atoms with Crippen molar-refractivity contribution in [3.63, 3.8) is 0 Å². The zero-order valence-corrected chi connectivity index (χ0v) is 11.8. The summed E-state index contributed by atoms with van der Waals surface area (Å²) in [4.78, 5) is 16.1. The number of pyridine rings is 1. The minimum absolute atomic E-state index is 0.300. The van der Waals surface area contributed by atoms with Gasteiger partial charge in [0.1, 0.15) is 5.75 Å². The molecule has 2 aromatic rings. The summed E-state index contributed by atoms with van der Waals surface area (Å²) in [6.45, 7) is 0. The number of hydrogen-bond acceptors (Lipinski definition) is 4. The van der Waals surface area contributed by atoms with Crippen molar-refractivity contribution < 1.29 is 14.3 Å². The molecular formula is C14H13ClN2O3. The van der Waals surface area contributed by atoms with E-state index in [1.54, 1.807) is 30.3 Å². The molecule has 0 bridgehead atoms. The first-order valence-electron chi connectivity index (χ1n) is 5.79. The summed E-state index contributed by atoms with van der Waals surface area (Å²) in [7, 11) is 3.01. The van der Waals surface area contributed by atoms with E-state index < -0.39 is 0 Å². The van der Waals surface area contributed by atoms with E-state index in [0.29, 0.717) is 27.9 Å². The molecule has 6 heteroatoms. The predicted octanol–water partition coefficient (Wildman–Crippen LogP) is 3.00. The van der Waals surface area contributed by atoms with Crippen LogP contribution in [0.15, 0.2) is 36.5 Å². The maximum Gasteiger partial charge on any atom is 0.256 e. The van der Waals surface area contributed by atoms with Gasteiger partial charge in [-0.2, -0.15) is 0 Å². The van der Waals surface area contributed by atoms with Crippen LogP contribution in [0.25, 0.3) is 0 Å². The minimum atomic E-state index is -0.300. The van der Waals surface area contributed by atoms with E-state index in [2.05, 4.69) is 10.3 Å². The van der Waals surface area contributed by atoms with Crippen molar-refractivity contribution in [2.24, 2.45) is 0 Å². The third kappa shape index (κ3) is 3.19. The van der Waals surface area contributed by atoms with Gasteiger partial charge in [0.2, 0.25) is 5.88 Å². The van der Waals surface area contributed by atoms with Gasteiger partial charge in [-0.3, -0.25) is 4.79 Å². The van der Waals surface area contributed by atoms with Crippen molar-refractivity contribution in [1.82, 2.24) is 4.98 Å². The minimum Gasteiger partial charge on any atom is -0.495 e. The number of ether oxygens (including phenoxy) is 2. The van der Waals surface area contributed by atoms with Crippen LogP contribution >= 0.6 is 11.6 Å². The lowest BCUT2D eigenvalue weighted by Gasteiger charge is -2.10. The maximum absolute atomic E-state index is 12.2. The molecule has 2 rings (SSSR count). The van der Waals surface area contributed by atoms with Crippen molar-refractivity contribution in [2.75, 3.05) is 19.5 Å². The summed E-state index contributed by atoms with van der Waals surface area (Å²) in [5, 5.41) is 3.25. The largest absolute Gasteiger partial charge is 0.495 e. The Morgan fingerprint density at radius 1 is 1.20 bits per heavy atom. The molecular weight excluding hydrogens is 280 g/mol. The second-order valence-corrected chi connectivity index (χ2v) is 4.32. The number of rotatable bonds is 4. The predicted molar refractivity (Wildman–Crippen MR) is 76.7 cm³/mol. The van der Waals surface area contributed by atoms with E-state index in [4.69, 9.17) is 21.1 Å². The number of nitrogens with zero attached hydrogens (tertiary/aromatic N) is 1. The summed E-state index contributed by atoms with van der Waals surface area (Å²) in [5.74, 6) is 0.603. The number of amides is 1. The second kappa shape index (κ2) is 6.25. The summed E-state index contributed by atoms with van der Waals surface area (Å²) in [5.41, 5.74) is 0.930. The average Bonchev–Trinajstić information content (AvgIpc) is 2.47. The maximum atomic E-state index is 12.2. The molecule has 0 aliphatic carbocycles. The van der Waals surface area contributed by atoms with Gasteiger partial charge in [0.25, 0.3) is 5.91 Å². The normalized spacial score (nSPS) is 9.95. The van der Waals surface area contributed by atoms with Gasteiger partial charge in [-0.25, -0.2) is 4.98 Å². The van der Waals surface area contributed by atoms with Crippen LogP contribution in [-0.4, -0.2) is 25.1 Å². The molecule has 0 saturated carbocycles. The summed E-state index contributed by atoms with van der Waals surface area (Å²) < 4.78 is 10.2. The molecule has 5 nitrogen and oxygen atoms in total. The Hall–Kier alpha value is -2.27. The lowest BCUT2D eigenvalue weighted by atomic mass is 10.2. The average molecular weight is 293 g/mol. The third-order valence-corrected chi connectivity index (χ3v) is 2.85. The molecule has 20 heavy (non-hydrogen) atoms. The van der Waals surface area contributed by atoms with E-state index >= 15 is 0 Å². The molecule has 0 atom stereocenters. The van der Waals surface area contributed by atoms with Gasteiger partial charge in [-0.15, -0.1) is 0 Å². The van der Waals surface area contributed by atoms with Crippen molar-refractivity contribution in [2.45, 2.75) is 0 Å². The Bertz CT molecular complexity index is 632. The van der Waals surface area contributed by atoms with Crippen LogP contribution in [0, 0.1) is 0 Å². The van der Waals surface area contributed by atoms with Crippen LogP contribution in [0.3, 0.4) is 0 Å². The molecule has 1 aromatic heterocycles. The topological polar surface area (TPSA) is 60.5 Å². The van der Waals surface area contributed by atoms with E-state index in [0.717, 1.165) is 0 Å². The molecule has 1 amide bonds. The highest BCUT2D eigenvalue weighted by Gasteiger charge is 2.11. The molecule has 0 fully saturated rings. The smallest absolute Gasteiger partial charge is 0.256 e.